The highest BCUT2D eigenvalue weighted by Gasteiger charge is 2.19. The molecular weight excluding hydrogens is 300 g/mol. The first-order chi connectivity index (χ1) is 11.6. The van der Waals surface area contributed by atoms with Gasteiger partial charge in [0.25, 0.3) is 5.91 Å². The molecule has 24 heavy (non-hydrogen) atoms. The van der Waals surface area contributed by atoms with Crippen LogP contribution < -0.4 is 5.32 Å². The van der Waals surface area contributed by atoms with Crippen molar-refractivity contribution in [3.05, 3.63) is 47.4 Å². The largest absolute Gasteiger partial charge is 0.340 e. The third kappa shape index (κ3) is 4.10. The predicted molar refractivity (Wildman–Crippen MR) is 95.6 cm³/mol. The van der Waals surface area contributed by atoms with Crippen LogP contribution in [0.15, 0.2) is 30.3 Å². The van der Waals surface area contributed by atoms with Gasteiger partial charge in [-0.15, -0.1) is 0 Å². The summed E-state index contributed by atoms with van der Waals surface area (Å²) in [6.45, 7) is 5.52. The molecule has 1 saturated heterocycles. The molecule has 5 heteroatoms. The van der Waals surface area contributed by atoms with E-state index in [4.69, 9.17) is 0 Å². The van der Waals surface area contributed by atoms with Gasteiger partial charge >= 0.3 is 0 Å². The zero-order valence-electron chi connectivity index (χ0n) is 14.4. The Morgan fingerprint density at radius 3 is 2.33 bits per heavy atom. The van der Waals surface area contributed by atoms with Crippen LogP contribution in [0.25, 0.3) is 0 Å². The number of amides is 1. The number of hydrogen-bond acceptors (Lipinski definition) is 4. The highest BCUT2D eigenvalue weighted by Crippen LogP contribution is 2.18. The van der Waals surface area contributed by atoms with E-state index in [1.54, 1.807) is 6.07 Å². The highest BCUT2D eigenvalue weighted by molar-refractivity contribution is 5.93. The molecule has 5 nitrogen and oxygen atoms in total. The Balaban J connectivity index is 1.80. The number of aryl methyl sites for hydroxylation is 2. The van der Waals surface area contributed by atoms with Crippen LogP contribution in [-0.4, -0.2) is 33.9 Å². The molecule has 1 aromatic heterocycles. The normalized spacial score (nSPS) is 15.0. The number of likely N-dealkylation sites (tertiary alicyclic amines) is 1. The van der Waals surface area contributed by atoms with Gasteiger partial charge in [0.05, 0.1) is 0 Å². The van der Waals surface area contributed by atoms with Crippen LogP contribution in [-0.2, 0) is 0 Å². The third-order valence-electron chi connectivity index (χ3n) is 4.27. The van der Waals surface area contributed by atoms with Crippen LogP contribution >= 0.6 is 0 Å². The fourth-order valence-corrected chi connectivity index (χ4v) is 2.96. The number of rotatable bonds is 3. The molecule has 0 unspecified atom stereocenters. The number of carbonyl (C=O) groups excluding carboxylic acids is 1. The van der Waals surface area contributed by atoms with Gasteiger partial charge in [-0.1, -0.05) is 30.5 Å². The molecule has 0 atom stereocenters. The zero-order valence-corrected chi connectivity index (χ0v) is 14.4. The molecule has 1 aromatic carbocycles. The Hall–Kier alpha value is -2.43. The van der Waals surface area contributed by atoms with Gasteiger partial charge in [0.2, 0.25) is 0 Å². The van der Waals surface area contributed by atoms with Crippen LogP contribution in [0.2, 0.25) is 0 Å². The third-order valence-corrected chi connectivity index (χ3v) is 4.27. The van der Waals surface area contributed by atoms with E-state index < -0.39 is 0 Å². The lowest BCUT2D eigenvalue weighted by Gasteiger charge is -2.20. The molecule has 0 saturated carbocycles. The summed E-state index contributed by atoms with van der Waals surface area (Å²) in [6.07, 6.45) is 4.55. The maximum atomic E-state index is 12.8. The standard InChI is InChI=1S/C19H24N4O/c1-14-7-9-16(10-8-14)22-18-13-17(20-15(2)21-18)19(24)23-11-5-3-4-6-12-23/h7-10,13H,3-6,11-12H2,1-2H3,(H,20,21,22). The number of aromatic nitrogens is 2. The summed E-state index contributed by atoms with van der Waals surface area (Å²) in [4.78, 5) is 23.4. The minimum absolute atomic E-state index is 0.00866. The molecule has 1 fully saturated rings. The van der Waals surface area contributed by atoms with Crippen LogP contribution in [0.4, 0.5) is 11.5 Å². The van der Waals surface area contributed by atoms with Gasteiger partial charge in [0.15, 0.2) is 0 Å². The lowest BCUT2D eigenvalue weighted by molar-refractivity contribution is 0.0755. The average Bonchev–Trinajstić information content (AvgIpc) is 2.85. The number of benzene rings is 1. The van der Waals surface area contributed by atoms with E-state index in [0.717, 1.165) is 31.6 Å². The molecule has 0 spiro atoms. The summed E-state index contributed by atoms with van der Waals surface area (Å²) in [7, 11) is 0. The van der Waals surface area contributed by atoms with E-state index in [2.05, 4.69) is 22.2 Å². The molecule has 1 aliphatic heterocycles. The first kappa shape index (κ1) is 16.4. The quantitative estimate of drug-likeness (QED) is 0.931. The molecule has 0 radical (unpaired) electrons. The molecule has 126 valence electrons. The first-order valence-corrected chi connectivity index (χ1v) is 8.60. The van der Waals surface area contributed by atoms with Crippen molar-refractivity contribution >= 4 is 17.4 Å². The Labute approximate surface area is 143 Å². The lowest BCUT2D eigenvalue weighted by Crippen LogP contribution is -2.32. The number of nitrogens with zero attached hydrogens (tertiary/aromatic N) is 3. The van der Waals surface area contributed by atoms with Gasteiger partial charge in [-0.2, -0.15) is 0 Å². The van der Waals surface area contributed by atoms with E-state index in [1.165, 1.54) is 18.4 Å². The average molecular weight is 324 g/mol. The zero-order chi connectivity index (χ0) is 16.9. The molecule has 2 aromatic rings. The van der Waals surface area contributed by atoms with E-state index in [1.807, 2.05) is 36.1 Å². The second kappa shape index (κ2) is 7.43. The van der Waals surface area contributed by atoms with Gasteiger partial charge in [0.1, 0.15) is 17.3 Å². The Morgan fingerprint density at radius 2 is 1.67 bits per heavy atom. The van der Waals surface area contributed by atoms with Crippen molar-refractivity contribution in [3.63, 3.8) is 0 Å². The highest BCUT2D eigenvalue weighted by atomic mass is 16.2. The molecular formula is C19H24N4O. The SMILES string of the molecule is Cc1ccc(Nc2cc(C(=O)N3CCCCCC3)nc(C)n2)cc1. The van der Waals surface area contributed by atoms with Crippen molar-refractivity contribution in [2.45, 2.75) is 39.5 Å². The van der Waals surface area contributed by atoms with Crippen LogP contribution in [0.5, 0.6) is 0 Å². The van der Waals surface area contributed by atoms with Crippen LogP contribution in [0, 0.1) is 13.8 Å². The van der Waals surface area contributed by atoms with Gasteiger partial charge in [-0.05, 0) is 38.8 Å². The summed E-state index contributed by atoms with van der Waals surface area (Å²) in [5, 5.41) is 3.26. The Bertz CT molecular complexity index is 704. The van der Waals surface area contributed by atoms with Crippen molar-refractivity contribution in [1.82, 2.24) is 14.9 Å². The molecule has 2 heterocycles. The van der Waals surface area contributed by atoms with Gasteiger partial charge in [-0.25, -0.2) is 9.97 Å². The fraction of sp³-hybridized carbons (Fsp3) is 0.421. The first-order valence-electron chi connectivity index (χ1n) is 8.60. The molecule has 1 amide bonds. The van der Waals surface area contributed by atoms with Crippen molar-refractivity contribution in [2.24, 2.45) is 0 Å². The van der Waals surface area contributed by atoms with Gasteiger partial charge in [0, 0.05) is 24.8 Å². The van der Waals surface area contributed by atoms with Gasteiger partial charge < -0.3 is 10.2 Å². The number of carbonyl (C=O) groups is 1. The van der Waals surface area contributed by atoms with Crippen molar-refractivity contribution in [3.8, 4) is 0 Å². The van der Waals surface area contributed by atoms with E-state index in [0.29, 0.717) is 17.3 Å². The van der Waals surface area contributed by atoms with Crippen LogP contribution in [0.1, 0.15) is 47.6 Å². The molecule has 0 aliphatic carbocycles. The van der Waals surface area contributed by atoms with Crippen molar-refractivity contribution in [2.75, 3.05) is 18.4 Å². The Morgan fingerprint density at radius 1 is 1.00 bits per heavy atom. The molecule has 1 aliphatic rings. The summed E-state index contributed by atoms with van der Waals surface area (Å²) in [6, 6.07) is 9.84. The minimum Gasteiger partial charge on any atom is -0.340 e. The minimum atomic E-state index is 0.00866. The van der Waals surface area contributed by atoms with Crippen molar-refractivity contribution in [1.29, 1.82) is 0 Å². The summed E-state index contributed by atoms with van der Waals surface area (Å²) >= 11 is 0. The summed E-state index contributed by atoms with van der Waals surface area (Å²) in [5.41, 5.74) is 2.63. The fourth-order valence-electron chi connectivity index (χ4n) is 2.96. The van der Waals surface area contributed by atoms with E-state index in [9.17, 15) is 4.79 Å². The maximum Gasteiger partial charge on any atom is 0.272 e. The molecule has 0 bridgehead atoms. The number of anilines is 2. The summed E-state index contributed by atoms with van der Waals surface area (Å²) < 4.78 is 0. The Kier molecular flexibility index (Phi) is 5.08. The smallest absolute Gasteiger partial charge is 0.272 e. The monoisotopic (exact) mass is 324 g/mol. The summed E-state index contributed by atoms with van der Waals surface area (Å²) in [5.74, 6) is 1.27. The lowest BCUT2D eigenvalue weighted by atomic mass is 10.2. The van der Waals surface area contributed by atoms with Gasteiger partial charge in [-0.3, -0.25) is 4.79 Å². The second-order valence-electron chi connectivity index (χ2n) is 6.38. The molecule has 3 rings (SSSR count). The van der Waals surface area contributed by atoms with E-state index >= 15 is 0 Å². The maximum absolute atomic E-state index is 12.8. The number of hydrogen-bond donors (Lipinski definition) is 1. The topological polar surface area (TPSA) is 58.1 Å². The van der Waals surface area contributed by atoms with E-state index in [-0.39, 0.29) is 5.91 Å². The number of nitrogens with one attached hydrogen (secondary N) is 1. The van der Waals surface area contributed by atoms with Crippen molar-refractivity contribution < 1.29 is 4.79 Å². The predicted octanol–water partition coefficient (Wildman–Crippen LogP) is 3.85. The second-order valence-corrected chi connectivity index (χ2v) is 6.38. The van der Waals surface area contributed by atoms with Crippen LogP contribution in [0.3, 0.4) is 0 Å². The molecule has 1 N–H and O–H groups in total.